The van der Waals surface area contributed by atoms with Crippen LogP contribution >= 0.6 is 0 Å². The number of methoxy groups -OCH3 is 1. The van der Waals surface area contributed by atoms with Crippen LogP contribution in [0.1, 0.15) is 11.5 Å². The summed E-state index contributed by atoms with van der Waals surface area (Å²) >= 11 is 0. The van der Waals surface area contributed by atoms with E-state index in [0.29, 0.717) is 12.3 Å². The zero-order chi connectivity index (χ0) is 10.7. The van der Waals surface area contributed by atoms with E-state index in [1.165, 1.54) is 0 Å². The summed E-state index contributed by atoms with van der Waals surface area (Å²) in [5.74, 6) is 1.14. The molecule has 5 nitrogen and oxygen atoms in total. The van der Waals surface area contributed by atoms with Crippen molar-refractivity contribution in [2.75, 3.05) is 7.11 Å². The van der Waals surface area contributed by atoms with Crippen molar-refractivity contribution < 1.29 is 9.26 Å². The van der Waals surface area contributed by atoms with Crippen LogP contribution in [0, 0.1) is 0 Å². The molecule has 0 saturated heterocycles. The molecule has 0 aliphatic rings. The normalized spacial score (nSPS) is 10.2. The number of hydrogen-bond donors (Lipinski definition) is 1. The van der Waals surface area contributed by atoms with Crippen molar-refractivity contribution in [1.29, 1.82) is 0 Å². The van der Waals surface area contributed by atoms with E-state index in [1.807, 2.05) is 24.3 Å². The molecule has 5 heteroatoms. The minimum atomic E-state index is -0.465. The molecule has 0 spiro atoms. The molecule has 15 heavy (non-hydrogen) atoms. The maximum Gasteiger partial charge on any atom is 0.377 e. The summed E-state index contributed by atoms with van der Waals surface area (Å²) in [6.45, 7) is 0. The number of H-pyrrole nitrogens is 1. The number of nitrogens with zero attached hydrogens (tertiary/aromatic N) is 1. The molecule has 2 aromatic rings. The van der Waals surface area contributed by atoms with E-state index in [0.717, 1.165) is 11.3 Å². The van der Waals surface area contributed by atoms with Crippen LogP contribution < -0.4 is 10.4 Å². The van der Waals surface area contributed by atoms with Gasteiger partial charge in [0.2, 0.25) is 5.89 Å². The molecule has 1 aromatic heterocycles. The first kappa shape index (κ1) is 9.51. The summed E-state index contributed by atoms with van der Waals surface area (Å²) in [5, 5.41) is 2.14. The van der Waals surface area contributed by atoms with E-state index in [9.17, 15) is 4.79 Å². The van der Waals surface area contributed by atoms with E-state index < -0.39 is 5.69 Å². The van der Waals surface area contributed by atoms with Gasteiger partial charge in [0.05, 0.1) is 13.5 Å². The first-order chi connectivity index (χ1) is 7.28. The van der Waals surface area contributed by atoms with Crippen molar-refractivity contribution in [3.8, 4) is 5.75 Å². The van der Waals surface area contributed by atoms with Crippen molar-refractivity contribution in [2.45, 2.75) is 6.42 Å². The summed E-state index contributed by atoms with van der Waals surface area (Å²) in [6.07, 6.45) is 0.468. The second-order valence-corrected chi connectivity index (χ2v) is 3.04. The summed E-state index contributed by atoms with van der Waals surface area (Å²) in [5.41, 5.74) is 0.512. The smallest absolute Gasteiger partial charge is 0.377 e. The number of hydrogen-bond acceptors (Lipinski definition) is 4. The van der Waals surface area contributed by atoms with Crippen LogP contribution in [0.3, 0.4) is 0 Å². The van der Waals surface area contributed by atoms with Gasteiger partial charge in [-0.15, -0.1) is 0 Å². The quantitative estimate of drug-likeness (QED) is 0.812. The Labute approximate surface area is 85.7 Å². The Kier molecular flexibility index (Phi) is 2.53. The largest absolute Gasteiger partial charge is 0.497 e. The van der Waals surface area contributed by atoms with Gasteiger partial charge in [0.1, 0.15) is 5.75 Å². The number of aromatic amines is 1. The molecule has 0 aliphatic carbocycles. The third kappa shape index (κ3) is 2.25. The van der Waals surface area contributed by atoms with Crippen LogP contribution in [0.5, 0.6) is 5.75 Å². The number of rotatable bonds is 3. The van der Waals surface area contributed by atoms with Crippen LogP contribution in [-0.2, 0) is 6.42 Å². The second-order valence-electron chi connectivity index (χ2n) is 3.04. The highest BCUT2D eigenvalue weighted by Crippen LogP contribution is 2.14. The van der Waals surface area contributed by atoms with Gasteiger partial charge >= 0.3 is 5.69 Å². The van der Waals surface area contributed by atoms with E-state index in [4.69, 9.17) is 9.26 Å². The maximum atomic E-state index is 10.7. The number of ether oxygens (including phenoxy) is 1. The lowest BCUT2D eigenvalue weighted by atomic mass is 10.1. The van der Waals surface area contributed by atoms with E-state index >= 15 is 0 Å². The lowest BCUT2D eigenvalue weighted by Crippen LogP contribution is -2.01. The molecule has 1 aromatic carbocycles. The fraction of sp³-hybridized carbons (Fsp3) is 0.200. The van der Waals surface area contributed by atoms with Gasteiger partial charge in [-0.3, -0.25) is 0 Å². The molecule has 78 valence electrons. The lowest BCUT2D eigenvalue weighted by molar-refractivity contribution is 0.380. The molecule has 0 amide bonds. The fourth-order valence-electron chi connectivity index (χ4n) is 1.29. The van der Waals surface area contributed by atoms with Gasteiger partial charge in [0, 0.05) is 0 Å². The molecule has 0 radical (unpaired) electrons. The summed E-state index contributed by atoms with van der Waals surface area (Å²) in [6, 6.07) is 7.51. The molecular weight excluding hydrogens is 196 g/mol. The van der Waals surface area contributed by atoms with Gasteiger partial charge in [0.15, 0.2) is 0 Å². The van der Waals surface area contributed by atoms with Crippen LogP contribution in [0.15, 0.2) is 33.6 Å². The van der Waals surface area contributed by atoms with E-state index in [-0.39, 0.29) is 0 Å². The van der Waals surface area contributed by atoms with Gasteiger partial charge < -0.3 is 9.26 Å². The molecule has 1 N–H and O–H groups in total. The Morgan fingerprint density at radius 1 is 1.53 bits per heavy atom. The summed E-state index contributed by atoms with van der Waals surface area (Å²) in [4.78, 5) is 14.4. The topological polar surface area (TPSA) is 68.1 Å². The monoisotopic (exact) mass is 206 g/mol. The Bertz CT molecular complexity index is 501. The predicted octanol–water partition coefficient (Wildman–Crippen LogP) is 0.962. The first-order valence-electron chi connectivity index (χ1n) is 4.45. The number of nitrogens with one attached hydrogen (secondary N) is 1. The summed E-state index contributed by atoms with van der Waals surface area (Å²) in [7, 11) is 1.60. The van der Waals surface area contributed by atoms with Crippen molar-refractivity contribution in [1.82, 2.24) is 10.1 Å². The predicted molar refractivity (Wildman–Crippen MR) is 52.9 cm³/mol. The zero-order valence-corrected chi connectivity index (χ0v) is 8.19. The average molecular weight is 206 g/mol. The van der Waals surface area contributed by atoms with Crippen LogP contribution in [0.25, 0.3) is 0 Å². The maximum absolute atomic E-state index is 10.7. The molecule has 1 heterocycles. The highest BCUT2D eigenvalue weighted by atomic mass is 16.5. The molecule has 0 saturated carbocycles. The van der Waals surface area contributed by atoms with Gasteiger partial charge in [-0.1, -0.05) is 12.1 Å². The molecule has 0 unspecified atom stereocenters. The van der Waals surface area contributed by atoms with Crippen LogP contribution in [0.2, 0.25) is 0 Å². The molecule has 0 atom stereocenters. The average Bonchev–Trinajstić information content (AvgIpc) is 2.64. The first-order valence-corrected chi connectivity index (χ1v) is 4.45. The minimum Gasteiger partial charge on any atom is -0.497 e. The molecule has 0 fully saturated rings. The molecule has 0 bridgehead atoms. The van der Waals surface area contributed by atoms with Gasteiger partial charge in [0.25, 0.3) is 0 Å². The van der Waals surface area contributed by atoms with Crippen LogP contribution in [-0.4, -0.2) is 17.3 Å². The lowest BCUT2D eigenvalue weighted by Gasteiger charge is -2.01. The molecule has 2 rings (SSSR count). The van der Waals surface area contributed by atoms with Crippen LogP contribution in [0.4, 0.5) is 0 Å². The number of benzene rings is 1. The van der Waals surface area contributed by atoms with Crippen molar-refractivity contribution in [3.63, 3.8) is 0 Å². The van der Waals surface area contributed by atoms with E-state index in [2.05, 4.69) is 10.1 Å². The highest BCUT2D eigenvalue weighted by Gasteiger charge is 2.03. The third-order valence-electron chi connectivity index (χ3n) is 1.97. The van der Waals surface area contributed by atoms with Gasteiger partial charge in [-0.2, -0.15) is 10.1 Å². The van der Waals surface area contributed by atoms with E-state index in [1.54, 1.807) is 7.11 Å². The fourth-order valence-corrected chi connectivity index (χ4v) is 1.29. The van der Waals surface area contributed by atoms with Gasteiger partial charge in [-0.05, 0) is 17.7 Å². The molecule has 0 aliphatic heterocycles. The standard InChI is InChI=1S/C10H10N2O3/c1-14-8-4-2-3-7(5-8)6-9-11-10(13)12-15-9/h2-5H,6H2,1H3,(H,12,13). The number of aromatic nitrogens is 2. The Balaban J connectivity index is 2.20. The highest BCUT2D eigenvalue weighted by molar-refractivity contribution is 5.29. The van der Waals surface area contributed by atoms with Gasteiger partial charge in [-0.25, -0.2) is 4.79 Å². The Morgan fingerprint density at radius 2 is 2.40 bits per heavy atom. The zero-order valence-electron chi connectivity index (χ0n) is 8.19. The second kappa shape index (κ2) is 4.00. The SMILES string of the molecule is COc1cccc(Cc2nc(=O)[nH]o2)c1. The van der Waals surface area contributed by atoms with Crippen molar-refractivity contribution in [3.05, 3.63) is 46.2 Å². The molecular formula is C10H10N2O3. The third-order valence-corrected chi connectivity index (χ3v) is 1.97. The minimum absolute atomic E-state index is 0.369. The summed E-state index contributed by atoms with van der Waals surface area (Å²) < 4.78 is 9.93. The Hall–Kier alpha value is -2.04. The van der Waals surface area contributed by atoms with Crippen molar-refractivity contribution in [2.24, 2.45) is 0 Å². The van der Waals surface area contributed by atoms with Crippen molar-refractivity contribution >= 4 is 0 Å². The Morgan fingerprint density at radius 3 is 3.07 bits per heavy atom.